The molecule has 0 aromatic carbocycles. The maximum atomic E-state index is 12.5. The minimum absolute atomic E-state index is 0.177. The Kier molecular flexibility index (Phi) is 6.01. The van der Waals surface area contributed by atoms with Crippen LogP contribution in [0.25, 0.3) is 10.7 Å². The van der Waals surface area contributed by atoms with Gasteiger partial charge in [0.15, 0.2) is 11.0 Å². The molecular formula is C19H25N5O2S2. The van der Waals surface area contributed by atoms with Crippen LogP contribution in [0.4, 0.5) is 4.79 Å². The van der Waals surface area contributed by atoms with Crippen LogP contribution in [-0.4, -0.2) is 38.0 Å². The average molecular weight is 420 g/mol. The summed E-state index contributed by atoms with van der Waals surface area (Å²) in [6, 6.07) is 4.22. The lowest BCUT2D eigenvalue weighted by Gasteiger charge is -2.23. The highest BCUT2D eigenvalue weighted by Crippen LogP contribution is 2.42. The summed E-state index contributed by atoms with van der Waals surface area (Å²) < 4.78 is 2.14. The molecule has 150 valence electrons. The third kappa shape index (κ3) is 4.57. The van der Waals surface area contributed by atoms with Crippen LogP contribution in [0.15, 0.2) is 22.7 Å². The molecule has 9 heteroatoms. The molecule has 2 saturated carbocycles. The molecule has 0 spiro atoms. The summed E-state index contributed by atoms with van der Waals surface area (Å²) in [4.78, 5) is 25.7. The normalized spacial score (nSPS) is 18.6. The molecule has 0 unspecified atom stereocenters. The largest absolute Gasteiger partial charge is 0.335 e. The molecule has 2 aromatic rings. The van der Waals surface area contributed by atoms with E-state index in [1.54, 1.807) is 18.3 Å². The van der Waals surface area contributed by atoms with Crippen molar-refractivity contribution in [3.8, 4) is 10.7 Å². The lowest BCUT2D eigenvalue weighted by molar-refractivity contribution is -0.119. The lowest BCUT2D eigenvalue weighted by atomic mass is 9.96. The van der Waals surface area contributed by atoms with Gasteiger partial charge in [-0.25, -0.2) is 4.79 Å². The van der Waals surface area contributed by atoms with Crippen LogP contribution in [0.5, 0.6) is 0 Å². The highest BCUT2D eigenvalue weighted by molar-refractivity contribution is 8.00. The molecule has 3 amide bonds. The Bertz CT molecular complexity index is 826. The number of imide groups is 1. The number of rotatable bonds is 6. The quantitative estimate of drug-likeness (QED) is 0.692. The SMILES string of the molecule is C[C@H](Sc1nnc(-c2cccs2)n1C1CC1)C(=O)NC(=O)NC1CCCCC1. The maximum absolute atomic E-state index is 12.5. The van der Waals surface area contributed by atoms with E-state index in [4.69, 9.17) is 0 Å². The van der Waals surface area contributed by atoms with Gasteiger partial charge in [0.05, 0.1) is 10.1 Å². The molecule has 0 radical (unpaired) electrons. The van der Waals surface area contributed by atoms with Crippen LogP contribution in [0.2, 0.25) is 0 Å². The van der Waals surface area contributed by atoms with Crippen LogP contribution in [0.3, 0.4) is 0 Å². The molecule has 0 saturated heterocycles. The van der Waals surface area contributed by atoms with E-state index in [9.17, 15) is 9.59 Å². The van der Waals surface area contributed by atoms with E-state index in [-0.39, 0.29) is 11.9 Å². The van der Waals surface area contributed by atoms with Crippen molar-refractivity contribution in [1.29, 1.82) is 0 Å². The second-order valence-corrected chi connectivity index (χ2v) is 9.70. The van der Waals surface area contributed by atoms with E-state index >= 15 is 0 Å². The minimum Gasteiger partial charge on any atom is -0.335 e. The van der Waals surface area contributed by atoms with Crippen molar-refractivity contribution in [2.75, 3.05) is 0 Å². The molecule has 1 atom stereocenters. The summed E-state index contributed by atoms with van der Waals surface area (Å²) in [5.74, 6) is 0.559. The van der Waals surface area contributed by atoms with Gasteiger partial charge in [0.25, 0.3) is 0 Å². The predicted molar refractivity (Wildman–Crippen MR) is 110 cm³/mol. The molecule has 2 aliphatic carbocycles. The molecule has 4 rings (SSSR count). The topological polar surface area (TPSA) is 88.9 Å². The average Bonchev–Trinajstić information content (AvgIpc) is 3.21. The predicted octanol–water partition coefficient (Wildman–Crippen LogP) is 3.98. The first-order valence-electron chi connectivity index (χ1n) is 9.88. The zero-order valence-electron chi connectivity index (χ0n) is 15.9. The molecule has 2 aliphatic rings. The summed E-state index contributed by atoms with van der Waals surface area (Å²) in [5.41, 5.74) is 0. The molecule has 0 aliphatic heterocycles. The number of carbonyl (C=O) groups excluding carboxylic acids is 2. The highest BCUT2D eigenvalue weighted by atomic mass is 32.2. The Balaban J connectivity index is 1.37. The Morgan fingerprint density at radius 1 is 1.21 bits per heavy atom. The first kappa shape index (κ1) is 19.4. The van der Waals surface area contributed by atoms with Gasteiger partial charge in [-0.2, -0.15) is 0 Å². The van der Waals surface area contributed by atoms with Crippen molar-refractivity contribution < 1.29 is 9.59 Å². The summed E-state index contributed by atoms with van der Waals surface area (Å²) in [6.07, 6.45) is 7.68. The molecule has 7 nitrogen and oxygen atoms in total. The van der Waals surface area contributed by atoms with E-state index in [0.29, 0.717) is 6.04 Å². The summed E-state index contributed by atoms with van der Waals surface area (Å²) in [7, 11) is 0. The zero-order chi connectivity index (χ0) is 19.5. The number of thiophene rings is 1. The molecule has 2 heterocycles. The molecular weight excluding hydrogens is 394 g/mol. The van der Waals surface area contributed by atoms with Gasteiger partial charge in [-0.3, -0.25) is 14.7 Å². The minimum atomic E-state index is -0.435. The van der Waals surface area contributed by atoms with Crippen LogP contribution in [0.1, 0.15) is 57.9 Å². The standard InChI is InChI=1S/C19H25N5O2S2/c1-12(17(25)21-18(26)20-13-6-3-2-4-7-13)28-19-23-22-16(15-8-5-11-27-15)24(19)14-9-10-14/h5,8,11-14H,2-4,6-7,9-10H2,1H3,(H2,20,21,25,26)/t12-/m0/s1. The van der Waals surface area contributed by atoms with E-state index in [2.05, 4.69) is 25.4 Å². The lowest BCUT2D eigenvalue weighted by Crippen LogP contribution is -2.47. The van der Waals surface area contributed by atoms with Crippen molar-refractivity contribution in [3.63, 3.8) is 0 Å². The Hall–Kier alpha value is -1.87. The molecule has 0 bridgehead atoms. The number of hydrogen-bond donors (Lipinski definition) is 2. The second kappa shape index (κ2) is 8.65. The van der Waals surface area contributed by atoms with Gasteiger partial charge in [0.1, 0.15) is 0 Å². The third-order valence-electron chi connectivity index (χ3n) is 5.15. The fourth-order valence-electron chi connectivity index (χ4n) is 3.49. The first-order chi connectivity index (χ1) is 13.6. The second-order valence-electron chi connectivity index (χ2n) is 7.44. The van der Waals surface area contributed by atoms with Crippen LogP contribution < -0.4 is 10.6 Å². The first-order valence-corrected chi connectivity index (χ1v) is 11.6. The zero-order valence-corrected chi connectivity index (χ0v) is 17.5. The summed E-state index contributed by atoms with van der Waals surface area (Å²) >= 11 is 2.99. The number of thioether (sulfide) groups is 1. The smallest absolute Gasteiger partial charge is 0.321 e. The number of aromatic nitrogens is 3. The molecule has 2 N–H and O–H groups in total. The van der Waals surface area contributed by atoms with Crippen LogP contribution >= 0.6 is 23.1 Å². The van der Waals surface area contributed by atoms with Crippen LogP contribution in [0, 0.1) is 0 Å². The number of hydrogen-bond acceptors (Lipinski definition) is 6. The summed E-state index contributed by atoms with van der Waals surface area (Å²) in [6.45, 7) is 1.80. The number of nitrogens with one attached hydrogen (secondary N) is 2. The van der Waals surface area contributed by atoms with Gasteiger partial charge in [-0.15, -0.1) is 21.5 Å². The molecule has 2 fully saturated rings. The van der Waals surface area contributed by atoms with Crippen molar-refractivity contribution in [2.24, 2.45) is 0 Å². The monoisotopic (exact) mass is 419 g/mol. The van der Waals surface area contributed by atoms with Crippen molar-refractivity contribution >= 4 is 35.0 Å². The highest BCUT2D eigenvalue weighted by Gasteiger charge is 2.32. The Labute approximate surface area is 172 Å². The van der Waals surface area contributed by atoms with Crippen molar-refractivity contribution in [1.82, 2.24) is 25.4 Å². The fraction of sp³-hybridized carbons (Fsp3) is 0.579. The third-order valence-corrected chi connectivity index (χ3v) is 7.07. The van der Waals surface area contributed by atoms with E-state index in [1.165, 1.54) is 18.2 Å². The molecule has 28 heavy (non-hydrogen) atoms. The van der Waals surface area contributed by atoms with Crippen molar-refractivity contribution in [3.05, 3.63) is 17.5 Å². The van der Waals surface area contributed by atoms with Gasteiger partial charge < -0.3 is 5.32 Å². The Morgan fingerprint density at radius 2 is 2.00 bits per heavy atom. The van der Waals surface area contributed by atoms with E-state index < -0.39 is 11.3 Å². The van der Waals surface area contributed by atoms with E-state index in [0.717, 1.165) is 54.4 Å². The van der Waals surface area contributed by atoms with E-state index in [1.807, 2.05) is 17.5 Å². The Morgan fingerprint density at radius 3 is 2.68 bits per heavy atom. The number of nitrogens with zero attached hydrogens (tertiary/aromatic N) is 3. The molecule has 2 aromatic heterocycles. The number of urea groups is 1. The number of amides is 3. The summed E-state index contributed by atoms with van der Waals surface area (Å²) in [5, 5.41) is 16.4. The van der Waals surface area contributed by atoms with Crippen LogP contribution in [-0.2, 0) is 4.79 Å². The van der Waals surface area contributed by atoms with Gasteiger partial charge in [0.2, 0.25) is 5.91 Å². The van der Waals surface area contributed by atoms with Crippen molar-refractivity contribution in [2.45, 2.75) is 74.4 Å². The van der Waals surface area contributed by atoms with Gasteiger partial charge in [-0.1, -0.05) is 37.1 Å². The van der Waals surface area contributed by atoms with Gasteiger partial charge in [0, 0.05) is 12.1 Å². The maximum Gasteiger partial charge on any atom is 0.321 e. The van der Waals surface area contributed by atoms with Gasteiger partial charge >= 0.3 is 6.03 Å². The number of carbonyl (C=O) groups is 2. The fourth-order valence-corrected chi connectivity index (χ4v) is 5.11. The van der Waals surface area contributed by atoms with Gasteiger partial charge in [-0.05, 0) is 44.1 Å².